The van der Waals surface area contributed by atoms with Gasteiger partial charge in [-0.1, -0.05) is 43.0 Å². The molecule has 1 amide bonds. The Kier molecular flexibility index (Phi) is 5.93. The summed E-state index contributed by atoms with van der Waals surface area (Å²) in [5.74, 6) is 0.820. The molecular formula is C21H22N2O3. The Morgan fingerprint density at radius 2 is 2.04 bits per heavy atom. The van der Waals surface area contributed by atoms with Crippen LogP contribution in [0, 0.1) is 0 Å². The third-order valence-electron chi connectivity index (χ3n) is 3.98. The van der Waals surface area contributed by atoms with Gasteiger partial charge in [-0.25, -0.2) is 4.79 Å². The van der Waals surface area contributed by atoms with Crippen molar-refractivity contribution in [2.45, 2.75) is 13.0 Å². The zero-order valence-electron chi connectivity index (χ0n) is 14.5. The standard InChI is InChI=1S/C21H22N2O3/c1-2-12-25-21(24)22-11-10-17-14-23-20-13-18(8-9-19(17)20)26-15-16-6-4-3-5-7-16/h2-9,13-14,23H,1,10-12,15H2,(H,22,24). The molecule has 26 heavy (non-hydrogen) atoms. The summed E-state index contributed by atoms with van der Waals surface area (Å²) in [5.41, 5.74) is 3.28. The Bertz CT molecular complexity index is 871. The number of hydrogen-bond acceptors (Lipinski definition) is 3. The van der Waals surface area contributed by atoms with E-state index in [4.69, 9.17) is 9.47 Å². The molecule has 2 N–H and O–H groups in total. The largest absolute Gasteiger partial charge is 0.489 e. The van der Waals surface area contributed by atoms with Gasteiger partial charge in [0.05, 0.1) is 0 Å². The molecule has 0 aliphatic carbocycles. The van der Waals surface area contributed by atoms with Gasteiger partial charge in [0.25, 0.3) is 0 Å². The average Bonchev–Trinajstić information content (AvgIpc) is 3.08. The maximum absolute atomic E-state index is 11.4. The highest BCUT2D eigenvalue weighted by Crippen LogP contribution is 2.24. The smallest absolute Gasteiger partial charge is 0.407 e. The van der Waals surface area contributed by atoms with Crippen molar-refractivity contribution in [3.63, 3.8) is 0 Å². The summed E-state index contributed by atoms with van der Waals surface area (Å²) < 4.78 is 10.7. The van der Waals surface area contributed by atoms with Crippen LogP contribution in [0.3, 0.4) is 0 Å². The fourth-order valence-electron chi connectivity index (χ4n) is 2.69. The van der Waals surface area contributed by atoms with E-state index in [2.05, 4.69) is 16.9 Å². The van der Waals surface area contributed by atoms with E-state index in [1.165, 1.54) is 6.08 Å². The lowest BCUT2D eigenvalue weighted by Crippen LogP contribution is -2.26. The minimum absolute atomic E-state index is 0.213. The van der Waals surface area contributed by atoms with E-state index >= 15 is 0 Å². The maximum atomic E-state index is 11.4. The second-order valence-corrected chi connectivity index (χ2v) is 5.86. The number of aromatic amines is 1. The van der Waals surface area contributed by atoms with Crippen molar-refractivity contribution >= 4 is 17.0 Å². The van der Waals surface area contributed by atoms with E-state index in [9.17, 15) is 4.79 Å². The topological polar surface area (TPSA) is 63.3 Å². The van der Waals surface area contributed by atoms with Crippen LogP contribution in [0.2, 0.25) is 0 Å². The SMILES string of the molecule is C=CCOC(=O)NCCc1c[nH]c2cc(OCc3ccccc3)ccc12. The maximum Gasteiger partial charge on any atom is 0.407 e. The number of ether oxygens (including phenoxy) is 2. The Morgan fingerprint density at radius 3 is 2.85 bits per heavy atom. The molecule has 134 valence electrons. The summed E-state index contributed by atoms with van der Waals surface area (Å²) in [4.78, 5) is 14.7. The van der Waals surface area contributed by atoms with Crippen LogP contribution in [-0.4, -0.2) is 24.2 Å². The van der Waals surface area contributed by atoms with E-state index in [0.29, 0.717) is 19.6 Å². The van der Waals surface area contributed by atoms with E-state index in [1.54, 1.807) is 0 Å². The van der Waals surface area contributed by atoms with Crippen LogP contribution in [0.15, 0.2) is 67.4 Å². The number of amides is 1. The normalized spacial score (nSPS) is 10.5. The number of carbonyl (C=O) groups is 1. The highest BCUT2D eigenvalue weighted by molar-refractivity contribution is 5.84. The Labute approximate surface area is 152 Å². The Balaban J connectivity index is 1.56. The van der Waals surface area contributed by atoms with Crippen LogP contribution < -0.4 is 10.1 Å². The molecule has 3 rings (SSSR count). The molecule has 1 heterocycles. The lowest BCUT2D eigenvalue weighted by atomic mass is 10.1. The first-order valence-corrected chi connectivity index (χ1v) is 8.54. The van der Waals surface area contributed by atoms with Crippen molar-refractivity contribution in [3.8, 4) is 5.75 Å². The Morgan fingerprint density at radius 1 is 1.19 bits per heavy atom. The molecule has 0 aliphatic heterocycles. The molecule has 0 bridgehead atoms. The summed E-state index contributed by atoms with van der Waals surface area (Å²) >= 11 is 0. The van der Waals surface area contributed by atoms with Gasteiger partial charge < -0.3 is 19.8 Å². The number of fused-ring (bicyclic) bond motifs is 1. The molecule has 0 atom stereocenters. The van der Waals surface area contributed by atoms with Gasteiger partial charge in [-0.2, -0.15) is 0 Å². The quantitative estimate of drug-likeness (QED) is 0.599. The van der Waals surface area contributed by atoms with Crippen LogP contribution in [0.4, 0.5) is 4.79 Å². The van der Waals surface area contributed by atoms with Gasteiger partial charge in [-0.3, -0.25) is 0 Å². The predicted molar refractivity (Wildman–Crippen MR) is 102 cm³/mol. The molecule has 0 aliphatic rings. The molecule has 0 unspecified atom stereocenters. The summed E-state index contributed by atoms with van der Waals surface area (Å²) in [7, 11) is 0. The Hall–Kier alpha value is -3.21. The molecule has 3 aromatic rings. The number of benzene rings is 2. The van der Waals surface area contributed by atoms with Gasteiger partial charge >= 0.3 is 6.09 Å². The van der Waals surface area contributed by atoms with Crippen LogP contribution in [0.1, 0.15) is 11.1 Å². The molecule has 0 spiro atoms. The van der Waals surface area contributed by atoms with Gasteiger partial charge in [0.1, 0.15) is 19.0 Å². The molecule has 0 radical (unpaired) electrons. The first-order chi connectivity index (χ1) is 12.8. The second-order valence-electron chi connectivity index (χ2n) is 5.86. The van der Waals surface area contributed by atoms with Gasteiger partial charge in [-0.15, -0.1) is 0 Å². The zero-order valence-corrected chi connectivity index (χ0v) is 14.5. The molecule has 0 saturated heterocycles. The summed E-state index contributed by atoms with van der Waals surface area (Å²) in [6.45, 7) is 4.77. The van der Waals surface area contributed by atoms with Crippen LogP contribution >= 0.6 is 0 Å². The van der Waals surface area contributed by atoms with E-state index in [-0.39, 0.29) is 6.61 Å². The van der Waals surface area contributed by atoms with Gasteiger partial charge in [0.15, 0.2) is 0 Å². The van der Waals surface area contributed by atoms with Gasteiger partial charge in [0, 0.05) is 29.7 Å². The molecular weight excluding hydrogens is 328 g/mol. The summed E-state index contributed by atoms with van der Waals surface area (Å²) in [5, 5.41) is 3.85. The average molecular weight is 350 g/mol. The highest BCUT2D eigenvalue weighted by Gasteiger charge is 2.07. The number of rotatable bonds is 8. The number of carbonyl (C=O) groups excluding carboxylic acids is 1. The number of aromatic nitrogens is 1. The number of hydrogen-bond donors (Lipinski definition) is 2. The molecule has 0 fully saturated rings. The summed E-state index contributed by atoms with van der Waals surface area (Å²) in [6, 6.07) is 16.1. The van der Waals surface area contributed by atoms with Crippen LogP contribution in [-0.2, 0) is 17.8 Å². The molecule has 1 aromatic heterocycles. The summed E-state index contributed by atoms with van der Waals surface area (Å²) in [6.07, 6.45) is 3.79. The third-order valence-corrected chi connectivity index (χ3v) is 3.98. The highest BCUT2D eigenvalue weighted by atomic mass is 16.5. The van der Waals surface area contributed by atoms with Gasteiger partial charge in [0.2, 0.25) is 0 Å². The molecule has 5 nitrogen and oxygen atoms in total. The molecule has 5 heteroatoms. The predicted octanol–water partition coefficient (Wildman–Crippen LogP) is 4.20. The van der Waals surface area contributed by atoms with Crippen molar-refractivity contribution in [2.24, 2.45) is 0 Å². The fraction of sp³-hybridized carbons (Fsp3) is 0.190. The number of nitrogens with one attached hydrogen (secondary N) is 2. The van der Waals surface area contributed by atoms with Crippen molar-refractivity contribution in [1.82, 2.24) is 10.3 Å². The van der Waals surface area contributed by atoms with Crippen molar-refractivity contribution < 1.29 is 14.3 Å². The fourth-order valence-corrected chi connectivity index (χ4v) is 2.69. The monoisotopic (exact) mass is 350 g/mol. The van der Waals surface area contributed by atoms with Gasteiger partial charge in [-0.05, 0) is 29.7 Å². The van der Waals surface area contributed by atoms with Crippen LogP contribution in [0.5, 0.6) is 5.75 Å². The first-order valence-electron chi connectivity index (χ1n) is 8.54. The lowest BCUT2D eigenvalue weighted by molar-refractivity contribution is 0.158. The second kappa shape index (κ2) is 8.76. The molecule has 0 saturated carbocycles. The lowest BCUT2D eigenvalue weighted by Gasteiger charge is -2.07. The van der Waals surface area contributed by atoms with E-state index < -0.39 is 6.09 Å². The van der Waals surface area contributed by atoms with Crippen molar-refractivity contribution in [1.29, 1.82) is 0 Å². The van der Waals surface area contributed by atoms with E-state index in [1.807, 2.05) is 54.7 Å². The minimum Gasteiger partial charge on any atom is -0.489 e. The third kappa shape index (κ3) is 4.66. The number of H-pyrrole nitrogens is 1. The zero-order chi connectivity index (χ0) is 18.2. The molecule has 2 aromatic carbocycles. The minimum atomic E-state index is -0.429. The number of alkyl carbamates (subject to hydrolysis) is 1. The van der Waals surface area contributed by atoms with Crippen LogP contribution in [0.25, 0.3) is 10.9 Å². The van der Waals surface area contributed by atoms with E-state index in [0.717, 1.165) is 27.8 Å². The first kappa shape index (κ1) is 17.6. The van der Waals surface area contributed by atoms with Crippen molar-refractivity contribution in [2.75, 3.05) is 13.2 Å². The van der Waals surface area contributed by atoms with Crippen molar-refractivity contribution in [3.05, 3.63) is 78.5 Å².